The Balaban J connectivity index is 3.43. The van der Waals surface area contributed by atoms with E-state index >= 15 is 0 Å². The molecule has 0 unspecified atom stereocenters. The second-order valence-electron chi connectivity index (χ2n) is 2.12. The molecule has 0 saturated heterocycles. The number of benzene rings is 1. The van der Waals surface area contributed by atoms with Gasteiger partial charge in [0.15, 0.2) is 0 Å². The predicted octanol–water partition coefficient (Wildman–Crippen LogP) is 2.33. The van der Waals surface area contributed by atoms with Crippen molar-refractivity contribution in [2.24, 2.45) is 0 Å². The van der Waals surface area contributed by atoms with Gasteiger partial charge in [0.1, 0.15) is 0 Å². The molecular formula is C7H5BrINO2. The summed E-state index contributed by atoms with van der Waals surface area (Å²) in [5.74, 6) is -1.02. The lowest BCUT2D eigenvalue weighted by molar-refractivity contribution is 0.0697. The van der Waals surface area contributed by atoms with E-state index in [0.717, 1.165) is 3.57 Å². The van der Waals surface area contributed by atoms with Crippen LogP contribution in [0, 0.1) is 3.57 Å². The van der Waals surface area contributed by atoms with Gasteiger partial charge in [-0.3, -0.25) is 0 Å². The van der Waals surface area contributed by atoms with Crippen molar-refractivity contribution in [3.63, 3.8) is 0 Å². The number of hydrogen-bond acceptors (Lipinski definition) is 2. The smallest absolute Gasteiger partial charge is 0.338 e. The molecule has 0 heterocycles. The predicted molar refractivity (Wildman–Crippen MR) is 58.2 cm³/mol. The highest BCUT2D eigenvalue weighted by atomic mass is 127. The molecule has 3 nitrogen and oxygen atoms in total. The van der Waals surface area contributed by atoms with Crippen molar-refractivity contribution in [3.05, 3.63) is 25.7 Å². The van der Waals surface area contributed by atoms with E-state index in [4.69, 9.17) is 10.8 Å². The second-order valence-corrected chi connectivity index (χ2v) is 4.14. The minimum absolute atomic E-state index is 0.127. The third kappa shape index (κ3) is 1.71. The van der Waals surface area contributed by atoms with Gasteiger partial charge in [0.05, 0.1) is 11.3 Å². The van der Waals surface area contributed by atoms with Gasteiger partial charge in [-0.05, 0) is 50.7 Å². The van der Waals surface area contributed by atoms with Gasteiger partial charge in [-0.2, -0.15) is 0 Å². The average molecular weight is 342 g/mol. The van der Waals surface area contributed by atoms with Gasteiger partial charge >= 0.3 is 5.97 Å². The van der Waals surface area contributed by atoms with E-state index in [0.29, 0.717) is 10.2 Å². The highest BCUT2D eigenvalue weighted by molar-refractivity contribution is 14.1. The summed E-state index contributed by atoms with van der Waals surface area (Å²) < 4.78 is 1.25. The first-order chi connectivity index (χ1) is 5.54. The van der Waals surface area contributed by atoms with Gasteiger partial charge in [0.2, 0.25) is 0 Å². The Hall–Kier alpha value is -0.300. The summed E-state index contributed by atoms with van der Waals surface area (Å²) in [6.45, 7) is 0. The van der Waals surface area contributed by atoms with Crippen molar-refractivity contribution in [2.75, 3.05) is 5.73 Å². The molecule has 0 bridgehead atoms. The minimum atomic E-state index is -1.02. The summed E-state index contributed by atoms with van der Waals surface area (Å²) in [4.78, 5) is 10.7. The Morgan fingerprint density at radius 3 is 2.58 bits per heavy atom. The fourth-order valence-corrected chi connectivity index (χ4v) is 1.75. The molecule has 0 amide bonds. The van der Waals surface area contributed by atoms with Gasteiger partial charge in [-0.1, -0.05) is 0 Å². The Morgan fingerprint density at radius 2 is 2.17 bits per heavy atom. The Morgan fingerprint density at radius 1 is 1.58 bits per heavy atom. The van der Waals surface area contributed by atoms with Crippen molar-refractivity contribution in [2.45, 2.75) is 0 Å². The number of nitrogens with two attached hydrogens (primary N) is 1. The molecule has 0 aliphatic rings. The summed E-state index contributed by atoms with van der Waals surface area (Å²) in [6, 6.07) is 3.42. The SMILES string of the molecule is Nc1c(I)ccc(Br)c1C(=O)O. The first-order valence-corrected chi connectivity index (χ1v) is 4.88. The lowest BCUT2D eigenvalue weighted by Gasteiger charge is -2.04. The lowest BCUT2D eigenvalue weighted by atomic mass is 10.2. The van der Waals surface area contributed by atoms with Gasteiger partial charge in [0.25, 0.3) is 0 Å². The van der Waals surface area contributed by atoms with E-state index < -0.39 is 5.97 Å². The van der Waals surface area contributed by atoms with Crippen LogP contribution in [0.3, 0.4) is 0 Å². The highest BCUT2D eigenvalue weighted by Gasteiger charge is 2.13. The van der Waals surface area contributed by atoms with Crippen molar-refractivity contribution in [3.8, 4) is 0 Å². The van der Waals surface area contributed by atoms with Crippen LogP contribution in [0.25, 0.3) is 0 Å². The lowest BCUT2D eigenvalue weighted by Crippen LogP contribution is -2.04. The maximum atomic E-state index is 10.7. The van der Waals surface area contributed by atoms with E-state index in [1.807, 2.05) is 22.6 Å². The van der Waals surface area contributed by atoms with Gasteiger partial charge in [-0.15, -0.1) is 0 Å². The first kappa shape index (κ1) is 9.79. The Kier molecular flexibility index (Phi) is 2.94. The third-order valence-corrected chi connectivity index (χ3v) is 2.96. The Bertz CT molecular complexity index is 340. The zero-order chi connectivity index (χ0) is 9.30. The van der Waals surface area contributed by atoms with Crippen LogP contribution in [0.5, 0.6) is 0 Å². The number of carboxylic acids is 1. The van der Waals surface area contributed by atoms with E-state index in [1.54, 1.807) is 12.1 Å². The molecule has 0 spiro atoms. The molecule has 0 aliphatic carbocycles. The molecule has 1 aromatic carbocycles. The standard InChI is InChI=1S/C7H5BrINO2/c8-3-1-2-4(9)6(10)5(3)7(11)12/h1-2H,10H2,(H,11,12). The zero-order valence-electron chi connectivity index (χ0n) is 5.84. The summed E-state index contributed by atoms with van der Waals surface area (Å²) >= 11 is 5.11. The molecule has 5 heteroatoms. The molecule has 0 aliphatic heterocycles. The van der Waals surface area contributed by atoms with Crippen LogP contribution in [0.1, 0.15) is 10.4 Å². The van der Waals surface area contributed by atoms with Crippen LogP contribution in [-0.4, -0.2) is 11.1 Å². The second kappa shape index (κ2) is 3.61. The van der Waals surface area contributed by atoms with Crippen LogP contribution < -0.4 is 5.73 Å². The summed E-state index contributed by atoms with van der Waals surface area (Å²) in [5, 5.41) is 8.76. The van der Waals surface area contributed by atoms with Crippen LogP contribution >= 0.6 is 38.5 Å². The molecule has 0 saturated carbocycles. The first-order valence-electron chi connectivity index (χ1n) is 3.01. The molecule has 0 fully saturated rings. The summed E-state index contributed by atoms with van der Waals surface area (Å²) in [7, 11) is 0. The van der Waals surface area contributed by atoms with Crippen LogP contribution in [0.4, 0.5) is 5.69 Å². The van der Waals surface area contributed by atoms with E-state index in [9.17, 15) is 4.79 Å². The molecule has 1 rings (SSSR count). The maximum absolute atomic E-state index is 10.7. The molecule has 12 heavy (non-hydrogen) atoms. The van der Waals surface area contributed by atoms with Crippen molar-refractivity contribution in [1.29, 1.82) is 0 Å². The number of hydrogen-bond donors (Lipinski definition) is 2. The monoisotopic (exact) mass is 341 g/mol. The number of anilines is 1. The Labute approximate surface area is 91.2 Å². The van der Waals surface area contributed by atoms with E-state index in [1.165, 1.54) is 0 Å². The quantitative estimate of drug-likeness (QED) is 0.608. The average Bonchev–Trinajstić information content (AvgIpc) is 1.97. The van der Waals surface area contributed by atoms with E-state index in [-0.39, 0.29) is 5.56 Å². The maximum Gasteiger partial charge on any atom is 0.338 e. The van der Waals surface area contributed by atoms with Crippen molar-refractivity contribution < 1.29 is 9.90 Å². The normalized spacial score (nSPS) is 9.83. The summed E-state index contributed by atoms with van der Waals surface area (Å²) in [6.07, 6.45) is 0. The number of aromatic carboxylic acids is 1. The molecule has 3 N–H and O–H groups in total. The number of halogens is 2. The fraction of sp³-hybridized carbons (Fsp3) is 0. The number of carbonyl (C=O) groups is 1. The number of nitrogen functional groups attached to an aromatic ring is 1. The number of rotatable bonds is 1. The van der Waals surface area contributed by atoms with Gasteiger partial charge in [-0.25, -0.2) is 4.79 Å². The third-order valence-electron chi connectivity index (χ3n) is 1.36. The number of carboxylic acid groups (broad SMARTS) is 1. The van der Waals surface area contributed by atoms with Gasteiger partial charge < -0.3 is 10.8 Å². The molecule has 0 radical (unpaired) electrons. The van der Waals surface area contributed by atoms with Crippen LogP contribution in [-0.2, 0) is 0 Å². The van der Waals surface area contributed by atoms with Crippen LogP contribution in [0.2, 0.25) is 0 Å². The molecule has 1 aromatic rings. The van der Waals surface area contributed by atoms with E-state index in [2.05, 4.69) is 15.9 Å². The topological polar surface area (TPSA) is 63.3 Å². The molecular weight excluding hydrogens is 337 g/mol. The van der Waals surface area contributed by atoms with Crippen molar-refractivity contribution in [1.82, 2.24) is 0 Å². The summed E-state index contributed by atoms with van der Waals surface area (Å²) in [5.41, 5.74) is 6.00. The minimum Gasteiger partial charge on any atom is -0.478 e. The van der Waals surface area contributed by atoms with Crippen molar-refractivity contribution >= 4 is 50.2 Å². The zero-order valence-corrected chi connectivity index (χ0v) is 9.59. The van der Waals surface area contributed by atoms with Gasteiger partial charge in [0, 0.05) is 8.04 Å². The molecule has 0 atom stereocenters. The molecule has 64 valence electrons. The highest BCUT2D eigenvalue weighted by Crippen LogP contribution is 2.26. The largest absolute Gasteiger partial charge is 0.478 e. The molecule has 0 aromatic heterocycles. The fourth-order valence-electron chi connectivity index (χ4n) is 0.785. The van der Waals surface area contributed by atoms with Crippen LogP contribution in [0.15, 0.2) is 16.6 Å².